The van der Waals surface area contributed by atoms with Crippen LogP contribution >= 0.6 is 0 Å². The predicted molar refractivity (Wildman–Crippen MR) is 120 cm³/mol. The lowest BCUT2D eigenvalue weighted by Gasteiger charge is -2.38. The van der Waals surface area contributed by atoms with Gasteiger partial charge >= 0.3 is 11.8 Å². The van der Waals surface area contributed by atoms with Gasteiger partial charge in [0.15, 0.2) is 0 Å². The molecular weight excluding hydrogens is 418 g/mol. The summed E-state index contributed by atoms with van der Waals surface area (Å²) in [4.78, 5) is 31.3. The number of sulfonamides is 1. The van der Waals surface area contributed by atoms with E-state index in [1.54, 1.807) is 42.2 Å². The van der Waals surface area contributed by atoms with Gasteiger partial charge in [0.2, 0.25) is 10.0 Å². The minimum absolute atomic E-state index is 0.264. The molecule has 0 bridgehead atoms. The van der Waals surface area contributed by atoms with Crippen molar-refractivity contribution in [2.75, 3.05) is 28.6 Å². The maximum Gasteiger partial charge on any atom is 0.313 e. The lowest BCUT2D eigenvalue weighted by atomic mass is 9.89. The van der Waals surface area contributed by atoms with Gasteiger partial charge in [-0.25, -0.2) is 13.4 Å². The molecule has 10 heteroatoms. The average Bonchev–Trinajstić information content (AvgIpc) is 2.69. The number of likely N-dealkylation sites (tertiary alicyclic amines) is 1. The van der Waals surface area contributed by atoms with E-state index >= 15 is 0 Å². The van der Waals surface area contributed by atoms with Crippen LogP contribution in [-0.4, -0.2) is 42.9 Å². The summed E-state index contributed by atoms with van der Waals surface area (Å²) in [5.41, 5.74) is 8.10. The first-order chi connectivity index (χ1) is 14.5. The summed E-state index contributed by atoms with van der Waals surface area (Å²) in [6.45, 7) is 4.27. The summed E-state index contributed by atoms with van der Waals surface area (Å²) in [5, 5.41) is 2.60. The van der Waals surface area contributed by atoms with E-state index in [1.807, 2.05) is 6.92 Å². The highest BCUT2D eigenvalue weighted by Gasteiger charge is 2.34. The largest absolute Gasteiger partial charge is 0.383 e. The Morgan fingerprint density at radius 3 is 2.45 bits per heavy atom. The summed E-state index contributed by atoms with van der Waals surface area (Å²) in [6, 6.07) is 8.25. The van der Waals surface area contributed by atoms with E-state index in [-0.39, 0.29) is 12.0 Å². The third-order valence-corrected chi connectivity index (χ3v) is 5.85. The Hall–Kier alpha value is -3.14. The maximum absolute atomic E-state index is 13.0. The molecule has 1 saturated heterocycles. The molecule has 2 heterocycles. The highest BCUT2D eigenvalue weighted by Crippen LogP contribution is 2.34. The number of hydrogen-bond acceptors (Lipinski definition) is 6. The minimum atomic E-state index is -3.37. The summed E-state index contributed by atoms with van der Waals surface area (Å²) in [6.07, 6.45) is 4.12. The number of hydrogen-bond donors (Lipinski definition) is 3. The average molecular weight is 446 g/mol. The topological polar surface area (TPSA) is 134 Å². The Morgan fingerprint density at radius 2 is 1.84 bits per heavy atom. The number of anilines is 3. The van der Waals surface area contributed by atoms with Crippen LogP contribution in [0.25, 0.3) is 0 Å². The monoisotopic (exact) mass is 445 g/mol. The van der Waals surface area contributed by atoms with E-state index in [1.165, 1.54) is 6.20 Å². The van der Waals surface area contributed by atoms with Crippen molar-refractivity contribution in [3.8, 4) is 0 Å². The predicted octanol–water partition coefficient (Wildman–Crippen LogP) is 2.28. The van der Waals surface area contributed by atoms with Crippen LogP contribution < -0.4 is 15.8 Å². The van der Waals surface area contributed by atoms with Crippen LogP contribution in [0.5, 0.6) is 0 Å². The number of nitrogens with zero attached hydrogens (tertiary/aromatic N) is 2. The van der Waals surface area contributed by atoms with Crippen LogP contribution in [0.4, 0.5) is 17.2 Å². The van der Waals surface area contributed by atoms with Crippen molar-refractivity contribution < 1.29 is 18.0 Å². The van der Waals surface area contributed by atoms with Crippen molar-refractivity contribution >= 4 is 39.0 Å². The van der Waals surface area contributed by atoms with Gasteiger partial charge in [-0.15, -0.1) is 0 Å². The smallest absolute Gasteiger partial charge is 0.313 e. The summed E-state index contributed by atoms with van der Waals surface area (Å²) >= 11 is 0. The highest BCUT2D eigenvalue weighted by molar-refractivity contribution is 7.92. The quantitative estimate of drug-likeness (QED) is 0.618. The first-order valence-corrected chi connectivity index (χ1v) is 11.8. The molecule has 0 saturated carbocycles. The summed E-state index contributed by atoms with van der Waals surface area (Å²) in [5.74, 6) is -0.729. The molecule has 3 rings (SSSR count). The fraction of sp³-hybridized carbons (Fsp3) is 0.381. The van der Waals surface area contributed by atoms with Gasteiger partial charge in [0.1, 0.15) is 5.82 Å². The molecule has 4 N–H and O–H groups in total. The van der Waals surface area contributed by atoms with Gasteiger partial charge in [0, 0.05) is 12.2 Å². The highest BCUT2D eigenvalue weighted by atomic mass is 32.2. The Bertz CT molecular complexity index is 1090. The first-order valence-electron chi connectivity index (χ1n) is 9.95. The van der Waals surface area contributed by atoms with Crippen molar-refractivity contribution in [2.45, 2.75) is 32.7 Å². The standard InChI is InChI=1S/C21H27N5O4S/c1-13-4-9-18(15-5-7-16(8-6-15)25-31(3,29)30)26(12-13)21(28)20(27)24-17-10-14(2)19(22)23-11-17/h5-8,10-11,13,18,25H,4,9,12H2,1-3H3,(H2,22,23)(H,24,27)/t13-,18+/m0/s1. The fourth-order valence-electron chi connectivity index (χ4n) is 3.68. The van der Waals surface area contributed by atoms with Crippen LogP contribution in [0.1, 0.15) is 36.9 Å². The van der Waals surface area contributed by atoms with Crippen molar-refractivity contribution in [3.05, 3.63) is 47.7 Å². The minimum Gasteiger partial charge on any atom is -0.383 e. The second-order valence-corrected chi connectivity index (χ2v) is 9.78. The summed E-state index contributed by atoms with van der Waals surface area (Å²) in [7, 11) is -3.37. The van der Waals surface area contributed by atoms with Gasteiger partial charge in [-0.2, -0.15) is 0 Å². The van der Waals surface area contributed by atoms with E-state index in [9.17, 15) is 18.0 Å². The number of amides is 2. The molecule has 31 heavy (non-hydrogen) atoms. The molecule has 0 radical (unpaired) electrons. The van der Waals surface area contributed by atoms with E-state index in [0.717, 1.165) is 18.2 Å². The zero-order valence-corrected chi connectivity index (χ0v) is 18.6. The molecule has 1 aromatic heterocycles. The Kier molecular flexibility index (Phi) is 6.49. The molecule has 1 aliphatic rings. The molecule has 1 aliphatic heterocycles. The zero-order valence-electron chi connectivity index (χ0n) is 17.8. The maximum atomic E-state index is 13.0. The number of nitrogens with one attached hydrogen (secondary N) is 2. The lowest BCUT2D eigenvalue weighted by molar-refractivity contribution is -0.146. The number of aromatic nitrogens is 1. The van der Waals surface area contributed by atoms with Crippen LogP contribution in [0.15, 0.2) is 36.5 Å². The molecule has 0 spiro atoms. The zero-order chi connectivity index (χ0) is 22.8. The summed E-state index contributed by atoms with van der Waals surface area (Å²) < 4.78 is 25.2. The van der Waals surface area contributed by atoms with Gasteiger partial charge in [-0.1, -0.05) is 19.1 Å². The van der Waals surface area contributed by atoms with Crippen molar-refractivity contribution in [1.29, 1.82) is 0 Å². The number of pyridine rings is 1. The molecule has 2 aromatic rings. The van der Waals surface area contributed by atoms with Crippen LogP contribution in [-0.2, 0) is 19.6 Å². The number of carbonyl (C=O) groups is 2. The second-order valence-electron chi connectivity index (χ2n) is 8.03. The van der Waals surface area contributed by atoms with Gasteiger partial charge in [0.25, 0.3) is 0 Å². The third-order valence-electron chi connectivity index (χ3n) is 5.25. The number of benzene rings is 1. The van der Waals surface area contributed by atoms with Gasteiger partial charge < -0.3 is 16.0 Å². The normalized spacial score (nSPS) is 19.0. The Labute approximate surface area is 182 Å². The van der Waals surface area contributed by atoms with Gasteiger partial charge in [-0.05, 0) is 55.0 Å². The SMILES string of the molecule is Cc1cc(NC(=O)C(=O)N2C[C@@H](C)CC[C@@H]2c2ccc(NS(C)(=O)=O)cc2)cnc1N. The van der Waals surface area contributed by atoms with Gasteiger partial charge in [-0.3, -0.25) is 14.3 Å². The number of carbonyl (C=O) groups excluding carboxylic acids is 2. The molecule has 166 valence electrons. The number of nitrogen functional groups attached to an aromatic ring is 1. The van der Waals surface area contributed by atoms with E-state index in [2.05, 4.69) is 15.0 Å². The Balaban J connectivity index is 1.78. The van der Waals surface area contributed by atoms with Crippen molar-refractivity contribution in [3.63, 3.8) is 0 Å². The third kappa shape index (κ3) is 5.72. The molecule has 0 aliphatic carbocycles. The van der Waals surface area contributed by atoms with Crippen molar-refractivity contribution in [2.24, 2.45) is 5.92 Å². The number of aryl methyl sites for hydroxylation is 1. The molecule has 0 unspecified atom stereocenters. The first kappa shape index (κ1) is 22.5. The van der Waals surface area contributed by atoms with E-state index in [0.29, 0.717) is 35.7 Å². The molecule has 9 nitrogen and oxygen atoms in total. The molecule has 1 fully saturated rings. The van der Waals surface area contributed by atoms with Crippen LogP contribution in [0.2, 0.25) is 0 Å². The molecular formula is C21H27N5O4S. The molecule has 2 atom stereocenters. The molecule has 1 aromatic carbocycles. The Morgan fingerprint density at radius 1 is 1.16 bits per heavy atom. The van der Waals surface area contributed by atoms with Crippen LogP contribution in [0, 0.1) is 12.8 Å². The van der Waals surface area contributed by atoms with E-state index < -0.39 is 21.8 Å². The molecule has 2 amide bonds. The number of piperidine rings is 1. The van der Waals surface area contributed by atoms with Crippen LogP contribution in [0.3, 0.4) is 0 Å². The second kappa shape index (κ2) is 8.93. The fourth-order valence-corrected chi connectivity index (χ4v) is 4.24. The van der Waals surface area contributed by atoms with Crippen molar-refractivity contribution in [1.82, 2.24) is 9.88 Å². The van der Waals surface area contributed by atoms with E-state index in [4.69, 9.17) is 5.73 Å². The lowest BCUT2D eigenvalue weighted by Crippen LogP contribution is -2.46. The van der Waals surface area contributed by atoms with Gasteiger partial charge in [0.05, 0.1) is 24.2 Å². The number of nitrogens with two attached hydrogens (primary N) is 1. The number of rotatable bonds is 4.